The van der Waals surface area contributed by atoms with Crippen molar-refractivity contribution in [2.45, 2.75) is 25.1 Å². The van der Waals surface area contributed by atoms with E-state index in [0.29, 0.717) is 41.5 Å². The van der Waals surface area contributed by atoms with Gasteiger partial charge in [0.1, 0.15) is 0 Å². The average Bonchev–Trinajstić information content (AvgIpc) is 2.69. The molecule has 0 aliphatic carbocycles. The van der Waals surface area contributed by atoms with Gasteiger partial charge in [-0.15, -0.1) is 0 Å². The summed E-state index contributed by atoms with van der Waals surface area (Å²) in [6.07, 6.45) is 1.32. The second-order valence-corrected chi connectivity index (χ2v) is 9.70. The largest absolute Gasteiger partial charge is 0.352 e. The predicted octanol–water partition coefficient (Wildman–Crippen LogP) is 3.85. The standard InChI is InChI=1S/C20H22Cl2N2O3S/c21-18-9-7-15(8-10-18)14-28(26,27)24-11-3-5-17(13-24)20(25)23-12-16-4-1-2-6-19(16)22/h1-2,4,6-10,17H,3,5,11-14H2,(H,23,25)/t17-/m1/s1. The molecular formula is C20H22Cl2N2O3S. The van der Waals surface area contributed by atoms with Crippen LogP contribution in [0.25, 0.3) is 0 Å². The van der Waals surface area contributed by atoms with Crippen LogP contribution < -0.4 is 5.32 Å². The minimum Gasteiger partial charge on any atom is -0.352 e. The molecule has 0 bridgehead atoms. The Kier molecular flexibility index (Phi) is 6.99. The third-order valence-corrected chi connectivity index (χ3v) is 7.26. The molecule has 28 heavy (non-hydrogen) atoms. The number of rotatable bonds is 6. The van der Waals surface area contributed by atoms with Gasteiger partial charge < -0.3 is 5.32 Å². The summed E-state index contributed by atoms with van der Waals surface area (Å²) in [5.41, 5.74) is 1.51. The molecule has 1 amide bonds. The van der Waals surface area contributed by atoms with Crippen molar-refractivity contribution in [3.8, 4) is 0 Å². The minimum atomic E-state index is -3.50. The molecule has 1 aliphatic heterocycles. The van der Waals surface area contributed by atoms with Crippen molar-refractivity contribution in [1.82, 2.24) is 9.62 Å². The number of hydrogen-bond acceptors (Lipinski definition) is 3. The van der Waals surface area contributed by atoms with Crippen LogP contribution in [0.15, 0.2) is 48.5 Å². The van der Waals surface area contributed by atoms with Gasteiger partial charge in [-0.3, -0.25) is 4.79 Å². The summed E-state index contributed by atoms with van der Waals surface area (Å²) in [4.78, 5) is 12.6. The lowest BCUT2D eigenvalue weighted by molar-refractivity contribution is -0.126. The molecule has 1 atom stereocenters. The first-order valence-corrected chi connectivity index (χ1v) is 11.4. The van der Waals surface area contributed by atoms with E-state index in [1.54, 1.807) is 30.3 Å². The fourth-order valence-electron chi connectivity index (χ4n) is 3.26. The number of amides is 1. The van der Waals surface area contributed by atoms with Crippen LogP contribution in [0.1, 0.15) is 24.0 Å². The molecule has 150 valence electrons. The summed E-state index contributed by atoms with van der Waals surface area (Å²) in [5, 5.41) is 4.04. The van der Waals surface area contributed by atoms with Crippen LogP contribution in [0.5, 0.6) is 0 Å². The van der Waals surface area contributed by atoms with Crippen molar-refractivity contribution in [2.75, 3.05) is 13.1 Å². The molecular weight excluding hydrogens is 419 g/mol. The van der Waals surface area contributed by atoms with Crippen LogP contribution in [0.4, 0.5) is 0 Å². The van der Waals surface area contributed by atoms with Crippen molar-refractivity contribution in [3.63, 3.8) is 0 Å². The summed E-state index contributed by atoms with van der Waals surface area (Å²) >= 11 is 12.0. The molecule has 1 fully saturated rings. The van der Waals surface area contributed by atoms with Crippen molar-refractivity contribution in [2.24, 2.45) is 5.92 Å². The summed E-state index contributed by atoms with van der Waals surface area (Å²) < 4.78 is 27.0. The third-order valence-electron chi connectivity index (χ3n) is 4.82. The van der Waals surface area contributed by atoms with Crippen LogP contribution in [0, 0.1) is 5.92 Å². The molecule has 2 aromatic carbocycles. The van der Waals surface area contributed by atoms with Gasteiger partial charge in [-0.2, -0.15) is 0 Å². The highest BCUT2D eigenvalue weighted by Crippen LogP contribution is 2.23. The fraction of sp³-hybridized carbons (Fsp3) is 0.350. The van der Waals surface area contributed by atoms with E-state index in [0.717, 1.165) is 5.56 Å². The molecule has 1 aliphatic rings. The Labute approximate surface area is 175 Å². The molecule has 5 nitrogen and oxygen atoms in total. The molecule has 0 spiro atoms. The lowest BCUT2D eigenvalue weighted by atomic mass is 9.99. The van der Waals surface area contributed by atoms with E-state index in [-0.39, 0.29) is 24.1 Å². The normalized spacial score (nSPS) is 18.0. The van der Waals surface area contributed by atoms with Crippen LogP contribution >= 0.6 is 23.2 Å². The van der Waals surface area contributed by atoms with Crippen molar-refractivity contribution in [3.05, 3.63) is 69.7 Å². The smallest absolute Gasteiger partial charge is 0.224 e. The SMILES string of the molecule is O=C(NCc1ccccc1Cl)[C@@H]1CCCN(S(=O)(=O)Cc2ccc(Cl)cc2)C1. The topological polar surface area (TPSA) is 66.5 Å². The lowest BCUT2D eigenvalue weighted by Crippen LogP contribution is -2.45. The van der Waals surface area contributed by atoms with Gasteiger partial charge in [0.05, 0.1) is 11.7 Å². The number of halogens is 2. The highest BCUT2D eigenvalue weighted by molar-refractivity contribution is 7.88. The first kappa shape index (κ1) is 21.1. The maximum atomic E-state index is 12.8. The van der Waals surface area contributed by atoms with Crippen LogP contribution in [0.2, 0.25) is 10.0 Å². The van der Waals surface area contributed by atoms with Crippen LogP contribution in [-0.2, 0) is 27.1 Å². The van der Waals surface area contributed by atoms with Crippen LogP contribution in [-0.4, -0.2) is 31.7 Å². The van der Waals surface area contributed by atoms with Gasteiger partial charge in [-0.1, -0.05) is 53.5 Å². The second kappa shape index (κ2) is 9.27. The summed E-state index contributed by atoms with van der Waals surface area (Å²) in [6, 6.07) is 14.1. The summed E-state index contributed by atoms with van der Waals surface area (Å²) in [7, 11) is -3.50. The maximum absolute atomic E-state index is 12.8. The van der Waals surface area contributed by atoms with Gasteiger partial charge in [0, 0.05) is 29.7 Å². The van der Waals surface area contributed by atoms with Gasteiger partial charge in [0.25, 0.3) is 0 Å². The zero-order chi connectivity index (χ0) is 20.1. The van der Waals surface area contributed by atoms with E-state index < -0.39 is 10.0 Å². The maximum Gasteiger partial charge on any atom is 0.224 e. The van der Waals surface area contributed by atoms with E-state index in [1.807, 2.05) is 18.2 Å². The molecule has 2 aromatic rings. The van der Waals surface area contributed by atoms with Gasteiger partial charge in [-0.25, -0.2) is 12.7 Å². The van der Waals surface area contributed by atoms with E-state index in [9.17, 15) is 13.2 Å². The summed E-state index contributed by atoms with van der Waals surface area (Å²) in [6.45, 7) is 0.959. The van der Waals surface area contributed by atoms with Crippen molar-refractivity contribution in [1.29, 1.82) is 0 Å². The van der Waals surface area contributed by atoms with Gasteiger partial charge in [0.15, 0.2) is 0 Å². The van der Waals surface area contributed by atoms with E-state index >= 15 is 0 Å². The Morgan fingerprint density at radius 3 is 2.54 bits per heavy atom. The van der Waals surface area contributed by atoms with E-state index in [1.165, 1.54) is 4.31 Å². The van der Waals surface area contributed by atoms with Crippen LogP contribution in [0.3, 0.4) is 0 Å². The van der Waals surface area contributed by atoms with Crippen molar-refractivity contribution >= 4 is 39.1 Å². The fourth-order valence-corrected chi connectivity index (χ4v) is 5.20. The lowest BCUT2D eigenvalue weighted by Gasteiger charge is -2.31. The Morgan fingerprint density at radius 2 is 1.82 bits per heavy atom. The quantitative estimate of drug-likeness (QED) is 0.741. The van der Waals surface area contributed by atoms with Gasteiger partial charge in [-0.05, 0) is 42.2 Å². The molecule has 0 aromatic heterocycles. The third kappa shape index (κ3) is 5.47. The van der Waals surface area contributed by atoms with Gasteiger partial charge in [0.2, 0.25) is 15.9 Å². The number of nitrogens with zero attached hydrogens (tertiary/aromatic N) is 1. The molecule has 1 heterocycles. The predicted molar refractivity (Wildman–Crippen MR) is 112 cm³/mol. The first-order valence-electron chi connectivity index (χ1n) is 9.08. The Balaban J connectivity index is 1.60. The Hall–Kier alpha value is -1.60. The Morgan fingerprint density at radius 1 is 1.11 bits per heavy atom. The molecule has 0 unspecified atom stereocenters. The number of benzene rings is 2. The zero-order valence-electron chi connectivity index (χ0n) is 15.3. The minimum absolute atomic E-state index is 0.0991. The molecule has 1 N–H and O–H groups in total. The molecule has 8 heteroatoms. The average molecular weight is 441 g/mol. The number of sulfonamides is 1. The number of hydrogen-bond donors (Lipinski definition) is 1. The Bertz CT molecular complexity index is 933. The monoisotopic (exact) mass is 440 g/mol. The molecule has 1 saturated heterocycles. The molecule has 0 radical (unpaired) electrons. The van der Waals surface area contributed by atoms with Crippen molar-refractivity contribution < 1.29 is 13.2 Å². The summed E-state index contributed by atoms with van der Waals surface area (Å²) in [5.74, 6) is -0.611. The number of carbonyl (C=O) groups excluding carboxylic acids is 1. The number of carbonyl (C=O) groups is 1. The highest BCUT2D eigenvalue weighted by atomic mass is 35.5. The van der Waals surface area contributed by atoms with E-state index in [2.05, 4.69) is 5.32 Å². The van der Waals surface area contributed by atoms with E-state index in [4.69, 9.17) is 23.2 Å². The first-order chi connectivity index (χ1) is 13.3. The number of nitrogens with one attached hydrogen (secondary N) is 1. The van der Waals surface area contributed by atoms with Gasteiger partial charge >= 0.3 is 0 Å². The second-order valence-electron chi connectivity index (χ2n) is 6.89. The number of piperidine rings is 1. The molecule has 0 saturated carbocycles. The molecule has 3 rings (SSSR count). The highest BCUT2D eigenvalue weighted by Gasteiger charge is 2.32. The zero-order valence-corrected chi connectivity index (χ0v) is 17.6.